The van der Waals surface area contributed by atoms with Crippen molar-refractivity contribution in [2.45, 2.75) is 24.1 Å². The van der Waals surface area contributed by atoms with Crippen LogP contribution < -0.4 is 5.32 Å². The van der Waals surface area contributed by atoms with E-state index < -0.39 is 26.9 Å². The molecule has 0 aliphatic heterocycles. The molecule has 7 heteroatoms. The summed E-state index contributed by atoms with van der Waals surface area (Å²) in [5.74, 6) is -1.57. The van der Waals surface area contributed by atoms with Crippen LogP contribution in [-0.2, 0) is 14.6 Å². The molecule has 0 aliphatic carbocycles. The molecule has 2 aromatic rings. The predicted octanol–water partition coefficient (Wildman–Crippen LogP) is 1.71. The number of carbonyl (C=O) groups excluding carboxylic acids is 2. The number of hydrogen-bond acceptors (Lipinski definition) is 5. The van der Waals surface area contributed by atoms with Gasteiger partial charge in [0.25, 0.3) is 0 Å². The summed E-state index contributed by atoms with van der Waals surface area (Å²) in [6, 6.07) is 8.85. The monoisotopic (exact) mass is 321 g/mol. The molecule has 0 spiro atoms. The van der Waals surface area contributed by atoms with Crippen LogP contribution in [0.5, 0.6) is 0 Å². The number of Topliss-reactive ketones (excluding diaryl/α,β-unsaturated/α-hetero) is 1. The molecule has 1 heterocycles. The number of ketones is 1. The Hall–Kier alpha value is -2.41. The van der Waals surface area contributed by atoms with Gasteiger partial charge in [-0.1, -0.05) is 17.7 Å². The fraction of sp³-hybridized carbons (Fsp3) is 0.200. The number of nitrogens with one attached hydrogen (secondary N) is 1. The molecule has 2 rings (SSSR count). The van der Waals surface area contributed by atoms with Gasteiger partial charge in [-0.15, -0.1) is 0 Å². The maximum Gasteiger partial charge on any atom is 0.236 e. The number of rotatable bonds is 5. The van der Waals surface area contributed by atoms with Gasteiger partial charge in [0, 0.05) is 6.92 Å². The van der Waals surface area contributed by atoms with Crippen molar-refractivity contribution in [2.75, 3.05) is 0 Å². The molecule has 0 aliphatic rings. The third-order valence-electron chi connectivity index (χ3n) is 3.00. The fourth-order valence-corrected chi connectivity index (χ4v) is 3.39. The van der Waals surface area contributed by atoms with Crippen LogP contribution in [0.2, 0.25) is 0 Å². The maximum atomic E-state index is 12.6. The van der Waals surface area contributed by atoms with Crippen LogP contribution >= 0.6 is 0 Å². The first-order valence-corrected chi connectivity index (χ1v) is 8.02. The number of hydrogen-bond donors (Lipinski definition) is 1. The lowest BCUT2D eigenvalue weighted by Crippen LogP contribution is -2.45. The lowest BCUT2D eigenvalue weighted by Gasteiger charge is -2.16. The van der Waals surface area contributed by atoms with Crippen molar-refractivity contribution in [3.8, 4) is 0 Å². The molecule has 1 N–H and O–H groups in total. The minimum Gasteiger partial charge on any atom is -0.461 e. The van der Waals surface area contributed by atoms with Gasteiger partial charge in [-0.25, -0.2) is 8.42 Å². The van der Waals surface area contributed by atoms with Crippen molar-refractivity contribution < 1.29 is 22.4 Å². The average Bonchev–Trinajstić information content (AvgIpc) is 2.98. The van der Waals surface area contributed by atoms with E-state index in [1.165, 1.54) is 30.5 Å². The van der Waals surface area contributed by atoms with Gasteiger partial charge in [0.1, 0.15) is 0 Å². The van der Waals surface area contributed by atoms with Crippen molar-refractivity contribution >= 4 is 21.5 Å². The Balaban J connectivity index is 2.46. The topological polar surface area (TPSA) is 93.4 Å². The van der Waals surface area contributed by atoms with E-state index in [2.05, 4.69) is 5.32 Å². The second-order valence-corrected chi connectivity index (χ2v) is 6.81. The van der Waals surface area contributed by atoms with E-state index in [0.29, 0.717) is 0 Å². The highest BCUT2D eigenvalue weighted by Gasteiger charge is 2.36. The highest BCUT2D eigenvalue weighted by atomic mass is 32.2. The molecule has 0 radical (unpaired) electrons. The normalized spacial score (nSPS) is 12.6. The number of benzene rings is 1. The van der Waals surface area contributed by atoms with E-state index in [0.717, 1.165) is 12.5 Å². The Morgan fingerprint density at radius 2 is 1.77 bits per heavy atom. The summed E-state index contributed by atoms with van der Waals surface area (Å²) in [6.07, 6.45) is 1.26. The zero-order valence-electron chi connectivity index (χ0n) is 12.1. The summed E-state index contributed by atoms with van der Waals surface area (Å²) in [7, 11) is -4.08. The van der Waals surface area contributed by atoms with Gasteiger partial charge in [0.15, 0.2) is 5.76 Å². The van der Waals surface area contributed by atoms with Gasteiger partial charge in [-0.2, -0.15) is 0 Å². The van der Waals surface area contributed by atoms with E-state index in [1.54, 1.807) is 12.1 Å². The molecular weight excluding hydrogens is 306 g/mol. The van der Waals surface area contributed by atoms with Gasteiger partial charge in [0.05, 0.1) is 11.2 Å². The molecule has 1 amide bonds. The zero-order valence-corrected chi connectivity index (χ0v) is 12.9. The van der Waals surface area contributed by atoms with Crippen molar-refractivity contribution in [1.82, 2.24) is 5.32 Å². The smallest absolute Gasteiger partial charge is 0.236 e. The highest BCUT2D eigenvalue weighted by Crippen LogP contribution is 2.19. The van der Waals surface area contributed by atoms with Crippen LogP contribution in [0.15, 0.2) is 52.0 Å². The molecule has 0 bridgehead atoms. The van der Waals surface area contributed by atoms with Crippen LogP contribution in [0, 0.1) is 6.92 Å². The van der Waals surface area contributed by atoms with E-state index in [4.69, 9.17) is 4.42 Å². The summed E-state index contributed by atoms with van der Waals surface area (Å²) in [5.41, 5.74) is 0.882. The summed E-state index contributed by atoms with van der Waals surface area (Å²) < 4.78 is 30.2. The molecule has 1 aromatic carbocycles. The highest BCUT2D eigenvalue weighted by molar-refractivity contribution is 7.92. The quantitative estimate of drug-likeness (QED) is 0.846. The minimum absolute atomic E-state index is 0.0447. The maximum absolute atomic E-state index is 12.6. The zero-order chi connectivity index (χ0) is 16.3. The first kappa shape index (κ1) is 16.0. The van der Waals surface area contributed by atoms with Gasteiger partial charge >= 0.3 is 0 Å². The molecule has 1 atom stereocenters. The number of carbonyl (C=O) groups is 2. The van der Waals surface area contributed by atoms with Gasteiger partial charge in [-0.05, 0) is 31.2 Å². The van der Waals surface area contributed by atoms with Gasteiger partial charge in [0.2, 0.25) is 26.9 Å². The first-order chi connectivity index (χ1) is 10.3. The van der Waals surface area contributed by atoms with E-state index in [1.807, 2.05) is 6.92 Å². The van der Waals surface area contributed by atoms with Crippen molar-refractivity contribution in [3.63, 3.8) is 0 Å². The van der Waals surface area contributed by atoms with Crippen molar-refractivity contribution in [3.05, 3.63) is 54.0 Å². The van der Waals surface area contributed by atoms with Crippen molar-refractivity contribution in [1.29, 1.82) is 0 Å². The number of amides is 1. The first-order valence-electron chi connectivity index (χ1n) is 6.48. The summed E-state index contributed by atoms with van der Waals surface area (Å²) in [4.78, 5) is 23.6. The molecule has 0 saturated heterocycles. The Kier molecular flexibility index (Phi) is 4.46. The van der Waals surface area contributed by atoms with Crippen LogP contribution in [0.25, 0.3) is 0 Å². The number of furan rings is 1. The van der Waals surface area contributed by atoms with Crippen molar-refractivity contribution in [2.24, 2.45) is 0 Å². The second kappa shape index (κ2) is 6.15. The third-order valence-corrected chi connectivity index (χ3v) is 4.88. The third kappa shape index (κ3) is 3.25. The Morgan fingerprint density at radius 3 is 2.27 bits per heavy atom. The molecule has 1 aromatic heterocycles. The van der Waals surface area contributed by atoms with Gasteiger partial charge < -0.3 is 9.73 Å². The SMILES string of the molecule is CC(=O)N[C@@H](C(=O)c1ccco1)S(=O)(=O)c1ccc(C)cc1. The molecule has 0 saturated carbocycles. The predicted molar refractivity (Wildman–Crippen MR) is 79.0 cm³/mol. The number of aryl methyl sites for hydroxylation is 1. The fourth-order valence-electron chi connectivity index (χ4n) is 1.88. The Labute approximate surface area is 128 Å². The second-order valence-electron chi connectivity index (χ2n) is 4.78. The lowest BCUT2D eigenvalue weighted by molar-refractivity contribution is -0.119. The Bertz CT molecular complexity index is 776. The molecule has 116 valence electrons. The van der Waals surface area contributed by atoms with E-state index in [-0.39, 0.29) is 10.7 Å². The average molecular weight is 321 g/mol. The standard InChI is InChI=1S/C15H15NO5S/c1-10-5-7-12(8-6-10)22(19,20)15(16-11(2)17)14(18)13-4-3-9-21-13/h3-9,15H,1-2H3,(H,16,17)/t15-/m1/s1. The van der Waals surface area contributed by atoms with Crippen LogP contribution in [0.4, 0.5) is 0 Å². The molecular formula is C15H15NO5S. The summed E-state index contributed by atoms with van der Waals surface area (Å²) in [5, 5.41) is 0.462. The molecule has 0 unspecified atom stereocenters. The van der Waals surface area contributed by atoms with E-state index >= 15 is 0 Å². The minimum atomic E-state index is -4.08. The number of sulfone groups is 1. The molecule has 22 heavy (non-hydrogen) atoms. The van der Waals surface area contributed by atoms with Crippen LogP contribution in [0.3, 0.4) is 0 Å². The summed E-state index contributed by atoms with van der Waals surface area (Å²) in [6.45, 7) is 2.96. The van der Waals surface area contributed by atoms with E-state index in [9.17, 15) is 18.0 Å². The molecule has 6 nitrogen and oxygen atoms in total. The van der Waals surface area contributed by atoms with Gasteiger partial charge in [-0.3, -0.25) is 9.59 Å². The lowest BCUT2D eigenvalue weighted by atomic mass is 10.2. The van der Waals surface area contributed by atoms with Crippen LogP contribution in [-0.4, -0.2) is 25.5 Å². The van der Waals surface area contributed by atoms with Crippen LogP contribution in [0.1, 0.15) is 23.0 Å². The largest absolute Gasteiger partial charge is 0.461 e. The summed E-state index contributed by atoms with van der Waals surface area (Å²) >= 11 is 0. The molecule has 0 fully saturated rings. The Morgan fingerprint density at radius 1 is 1.14 bits per heavy atom.